The van der Waals surface area contributed by atoms with Gasteiger partial charge < -0.3 is 9.80 Å². The number of piperazine rings is 1. The van der Waals surface area contributed by atoms with Crippen molar-refractivity contribution in [2.75, 3.05) is 46.3 Å². The summed E-state index contributed by atoms with van der Waals surface area (Å²) in [6, 6.07) is 0.525. The summed E-state index contributed by atoms with van der Waals surface area (Å²) in [5, 5.41) is 7.54. The Morgan fingerprint density at radius 2 is 1.82 bits per heavy atom. The minimum atomic E-state index is -0.0714. The van der Waals surface area contributed by atoms with Crippen LogP contribution >= 0.6 is 0 Å². The topological polar surface area (TPSA) is 50.6 Å². The Morgan fingerprint density at radius 1 is 1.24 bits per heavy atom. The molecule has 96 valence electrons. The SMILES string of the molecule is CCC(=N)C(=O)N1CC(N2CCN(C)CC2)C1. The van der Waals surface area contributed by atoms with Crippen LogP contribution in [0.1, 0.15) is 13.3 Å². The zero-order valence-corrected chi connectivity index (χ0v) is 10.8. The maximum absolute atomic E-state index is 11.7. The highest BCUT2D eigenvalue weighted by atomic mass is 16.2. The normalized spacial score (nSPS) is 23.5. The van der Waals surface area contributed by atoms with Crippen molar-refractivity contribution in [1.29, 1.82) is 5.41 Å². The van der Waals surface area contributed by atoms with Crippen LogP contribution in [0.25, 0.3) is 0 Å². The van der Waals surface area contributed by atoms with Gasteiger partial charge in [-0.15, -0.1) is 0 Å². The number of likely N-dealkylation sites (N-methyl/N-ethyl adjacent to an activating group) is 1. The van der Waals surface area contributed by atoms with E-state index in [0.29, 0.717) is 12.5 Å². The van der Waals surface area contributed by atoms with Crippen molar-refractivity contribution in [1.82, 2.24) is 14.7 Å². The van der Waals surface area contributed by atoms with Gasteiger partial charge in [0.15, 0.2) is 0 Å². The molecule has 0 saturated carbocycles. The van der Waals surface area contributed by atoms with E-state index in [4.69, 9.17) is 5.41 Å². The molecule has 0 unspecified atom stereocenters. The molecule has 2 aliphatic rings. The zero-order chi connectivity index (χ0) is 12.4. The first-order valence-electron chi connectivity index (χ1n) is 6.41. The third-order valence-corrected chi connectivity index (χ3v) is 3.82. The fourth-order valence-electron chi connectivity index (χ4n) is 2.38. The van der Waals surface area contributed by atoms with Crippen LogP contribution in [-0.2, 0) is 4.79 Å². The first-order chi connectivity index (χ1) is 8.11. The maximum Gasteiger partial charge on any atom is 0.267 e. The van der Waals surface area contributed by atoms with Crippen molar-refractivity contribution in [3.63, 3.8) is 0 Å². The molecule has 1 N–H and O–H groups in total. The number of hydrogen-bond acceptors (Lipinski definition) is 4. The number of carbonyl (C=O) groups excluding carboxylic acids is 1. The second-order valence-corrected chi connectivity index (χ2v) is 5.04. The molecule has 0 atom stereocenters. The average Bonchev–Trinajstić information content (AvgIpc) is 2.28. The van der Waals surface area contributed by atoms with Crippen LogP contribution in [0.4, 0.5) is 0 Å². The van der Waals surface area contributed by atoms with Crippen LogP contribution < -0.4 is 0 Å². The van der Waals surface area contributed by atoms with Crippen LogP contribution in [0.2, 0.25) is 0 Å². The molecule has 2 heterocycles. The first-order valence-corrected chi connectivity index (χ1v) is 6.41. The van der Waals surface area contributed by atoms with E-state index in [1.807, 2.05) is 6.92 Å². The lowest BCUT2D eigenvalue weighted by molar-refractivity contribution is -0.131. The van der Waals surface area contributed by atoms with Crippen molar-refractivity contribution < 1.29 is 4.79 Å². The van der Waals surface area contributed by atoms with Crippen LogP contribution in [0.15, 0.2) is 0 Å². The monoisotopic (exact) mass is 238 g/mol. The second-order valence-electron chi connectivity index (χ2n) is 5.04. The smallest absolute Gasteiger partial charge is 0.267 e. The molecule has 2 fully saturated rings. The molecular formula is C12H22N4O. The van der Waals surface area contributed by atoms with Crippen molar-refractivity contribution in [3.8, 4) is 0 Å². The van der Waals surface area contributed by atoms with Crippen LogP contribution in [0.3, 0.4) is 0 Å². The molecule has 0 aromatic carbocycles. The third-order valence-electron chi connectivity index (χ3n) is 3.82. The highest BCUT2D eigenvalue weighted by molar-refractivity contribution is 6.37. The number of carbonyl (C=O) groups is 1. The molecule has 17 heavy (non-hydrogen) atoms. The molecule has 0 radical (unpaired) electrons. The molecule has 0 aliphatic carbocycles. The number of rotatable bonds is 3. The molecule has 2 rings (SSSR count). The Labute approximate surface area is 103 Å². The maximum atomic E-state index is 11.7. The molecule has 0 spiro atoms. The number of nitrogens with zero attached hydrogens (tertiary/aromatic N) is 3. The van der Waals surface area contributed by atoms with Gasteiger partial charge in [0.2, 0.25) is 0 Å². The molecule has 5 heteroatoms. The number of likely N-dealkylation sites (tertiary alicyclic amines) is 1. The lowest BCUT2D eigenvalue weighted by Crippen LogP contribution is -2.64. The Kier molecular flexibility index (Phi) is 3.79. The van der Waals surface area contributed by atoms with E-state index in [-0.39, 0.29) is 11.6 Å². The van der Waals surface area contributed by atoms with Gasteiger partial charge in [-0.25, -0.2) is 0 Å². The highest BCUT2D eigenvalue weighted by Gasteiger charge is 2.36. The van der Waals surface area contributed by atoms with Gasteiger partial charge in [-0.05, 0) is 13.5 Å². The summed E-state index contributed by atoms with van der Waals surface area (Å²) in [5.41, 5.74) is 0.238. The number of nitrogens with one attached hydrogen (secondary N) is 1. The summed E-state index contributed by atoms with van der Waals surface area (Å²) < 4.78 is 0. The summed E-state index contributed by atoms with van der Waals surface area (Å²) in [6.07, 6.45) is 0.536. The fraction of sp³-hybridized carbons (Fsp3) is 0.833. The van der Waals surface area contributed by atoms with Crippen molar-refractivity contribution in [2.45, 2.75) is 19.4 Å². The molecule has 2 aliphatic heterocycles. The van der Waals surface area contributed by atoms with E-state index in [1.165, 1.54) is 0 Å². The molecule has 0 bridgehead atoms. The number of hydrogen-bond donors (Lipinski definition) is 1. The lowest BCUT2D eigenvalue weighted by Gasteiger charge is -2.47. The van der Waals surface area contributed by atoms with Crippen molar-refractivity contribution in [2.24, 2.45) is 0 Å². The van der Waals surface area contributed by atoms with Gasteiger partial charge in [0, 0.05) is 45.3 Å². The summed E-state index contributed by atoms with van der Waals surface area (Å²) >= 11 is 0. The molecule has 0 aromatic heterocycles. The molecular weight excluding hydrogens is 216 g/mol. The second kappa shape index (κ2) is 5.14. The minimum Gasteiger partial charge on any atom is -0.334 e. The Hall–Kier alpha value is -0.940. The van der Waals surface area contributed by atoms with Gasteiger partial charge in [-0.3, -0.25) is 15.1 Å². The van der Waals surface area contributed by atoms with Crippen LogP contribution in [-0.4, -0.2) is 78.7 Å². The predicted octanol–water partition coefficient (Wildman–Crippen LogP) is -0.126. The highest BCUT2D eigenvalue weighted by Crippen LogP contribution is 2.17. The Balaban J connectivity index is 1.75. The van der Waals surface area contributed by atoms with Crippen LogP contribution in [0, 0.1) is 5.41 Å². The average molecular weight is 238 g/mol. The quantitative estimate of drug-likeness (QED) is 0.697. The summed E-state index contributed by atoms with van der Waals surface area (Å²) in [6.45, 7) is 7.93. The molecule has 5 nitrogen and oxygen atoms in total. The third kappa shape index (κ3) is 2.66. The van der Waals surface area contributed by atoms with Gasteiger partial charge in [-0.1, -0.05) is 6.92 Å². The van der Waals surface area contributed by atoms with E-state index in [0.717, 1.165) is 39.3 Å². The first kappa shape index (κ1) is 12.5. The Morgan fingerprint density at radius 3 is 2.35 bits per heavy atom. The van der Waals surface area contributed by atoms with E-state index in [1.54, 1.807) is 4.90 Å². The van der Waals surface area contributed by atoms with Crippen molar-refractivity contribution in [3.05, 3.63) is 0 Å². The predicted molar refractivity (Wildman–Crippen MR) is 67.5 cm³/mol. The molecule has 0 aromatic rings. The van der Waals surface area contributed by atoms with E-state index in [9.17, 15) is 4.79 Å². The summed E-state index contributed by atoms with van der Waals surface area (Å²) in [4.78, 5) is 18.3. The number of amides is 1. The van der Waals surface area contributed by atoms with E-state index < -0.39 is 0 Å². The standard InChI is InChI=1S/C12H22N4O/c1-3-11(13)12(17)16-8-10(9-16)15-6-4-14(2)5-7-15/h10,13H,3-9H2,1-2H3. The fourth-order valence-corrected chi connectivity index (χ4v) is 2.38. The van der Waals surface area contributed by atoms with Gasteiger partial charge in [0.1, 0.15) is 0 Å². The van der Waals surface area contributed by atoms with Crippen LogP contribution in [0.5, 0.6) is 0 Å². The summed E-state index contributed by atoms with van der Waals surface area (Å²) in [5.74, 6) is -0.0714. The Bertz CT molecular complexity index is 304. The molecule has 1 amide bonds. The summed E-state index contributed by atoms with van der Waals surface area (Å²) in [7, 11) is 2.15. The van der Waals surface area contributed by atoms with Gasteiger partial charge in [0.05, 0.1) is 5.71 Å². The van der Waals surface area contributed by atoms with E-state index in [2.05, 4.69) is 16.8 Å². The minimum absolute atomic E-state index is 0.0714. The zero-order valence-electron chi connectivity index (χ0n) is 10.8. The lowest BCUT2D eigenvalue weighted by atomic mass is 10.0. The molecule has 2 saturated heterocycles. The largest absolute Gasteiger partial charge is 0.334 e. The van der Waals surface area contributed by atoms with Gasteiger partial charge >= 0.3 is 0 Å². The van der Waals surface area contributed by atoms with E-state index >= 15 is 0 Å². The van der Waals surface area contributed by atoms with Gasteiger partial charge in [-0.2, -0.15) is 0 Å². The van der Waals surface area contributed by atoms with Gasteiger partial charge in [0.25, 0.3) is 5.91 Å². The van der Waals surface area contributed by atoms with Crippen molar-refractivity contribution >= 4 is 11.6 Å².